The molecule has 0 aromatic heterocycles. The van der Waals surface area contributed by atoms with Gasteiger partial charge in [0, 0.05) is 4.91 Å². The first-order valence-corrected chi connectivity index (χ1v) is 5.30. The quantitative estimate of drug-likeness (QED) is 0.423. The molecule has 1 aliphatic heterocycles. The van der Waals surface area contributed by atoms with Gasteiger partial charge in [-0.2, -0.15) is 13.2 Å². The Bertz CT molecular complexity index is 509. The Kier molecular flexibility index (Phi) is 3.19. The first-order valence-electron chi connectivity index (χ1n) is 5.30. The van der Waals surface area contributed by atoms with Crippen LogP contribution in [0.25, 0.3) is 10.4 Å². The summed E-state index contributed by atoms with van der Waals surface area (Å²) in [6.07, 6.45) is -4.83. The van der Waals surface area contributed by atoms with Crippen LogP contribution >= 0.6 is 0 Å². The molecule has 0 saturated carbocycles. The van der Waals surface area contributed by atoms with E-state index < -0.39 is 23.9 Å². The molecule has 0 saturated heterocycles. The van der Waals surface area contributed by atoms with Crippen molar-refractivity contribution in [1.29, 1.82) is 0 Å². The molecular formula is C11H10F3N3O. The van der Waals surface area contributed by atoms with Crippen LogP contribution in [0.15, 0.2) is 23.3 Å². The number of rotatable bonds is 1. The predicted molar refractivity (Wildman–Crippen MR) is 57.7 cm³/mol. The predicted octanol–water partition coefficient (Wildman–Crippen LogP) is 4.15. The minimum Gasteiger partial charge on any atom is -0.373 e. The molecule has 96 valence electrons. The fourth-order valence-corrected chi connectivity index (χ4v) is 1.98. The van der Waals surface area contributed by atoms with E-state index in [0.717, 1.165) is 12.1 Å². The van der Waals surface area contributed by atoms with Crippen molar-refractivity contribution in [1.82, 2.24) is 0 Å². The highest BCUT2D eigenvalue weighted by Crippen LogP contribution is 2.38. The third kappa shape index (κ3) is 2.27. The number of alkyl halides is 3. The summed E-state index contributed by atoms with van der Waals surface area (Å²) in [6, 6.07) is 2.84. The van der Waals surface area contributed by atoms with E-state index in [4.69, 9.17) is 10.3 Å². The third-order valence-corrected chi connectivity index (χ3v) is 2.91. The van der Waals surface area contributed by atoms with Crippen LogP contribution < -0.4 is 0 Å². The van der Waals surface area contributed by atoms with Gasteiger partial charge in [-0.3, -0.25) is 0 Å². The highest BCUT2D eigenvalue weighted by molar-refractivity contribution is 5.38. The van der Waals surface area contributed by atoms with Gasteiger partial charge in [0.1, 0.15) is 0 Å². The number of hydrogen-bond acceptors (Lipinski definition) is 2. The van der Waals surface area contributed by atoms with E-state index in [-0.39, 0.29) is 6.61 Å². The minimum absolute atomic E-state index is 0.184. The molecule has 0 fully saturated rings. The lowest BCUT2D eigenvalue weighted by Gasteiger charge is -2.28. The first-order chi connectivity index (χ1) is 8.43. The fraction of sp³-hybridized carbons (Fsp3) is 0.455. The van der Waals surface area contributed by atoms with E-state index in [0.29, 0.717) is 11.1 Å². The molecule has 1 aromatic carbocycles. The summed E-state index contributed by atoms with van der Waals surface area (Å²) in [7, 11) is 0. The average molecular weight is 257 g/mol. The summed E-state index contributed by atoms with van der Waals surface area (Å²) >= 11 is 0. The van der Waals surface area contributed by atoms with E-state index >= 15 is 0 Å². The molecule has 1 aromatic rings. The van der Waals surface area contributed by atoms with E-state index in [1.165, 1.54) is 6.07 Å². The lowest BCUT2D eigenvalue weighted by atomic mass is 9.93. The Hall–Kier alpha value is -1.72. The summed E-state index contributed by atoms with van der Waals surface area (Å²) < 4.78 is 43.1. The van der Waals surface area contributed by atoms with Crippen molar-refractivity contribution in [2.24, 2.45) is 5.11 Å². The minimum atomic E-state index is -4.39. The number of benzene rings is 1. The summed E-state index contributed by atoms with van der Waals surface area (Å²) in [5, 5.41) is 3.53. The van der Waals surface area contributed by atoms with Gasteiger partial charge in [0.05, 0.1) is 24.3 Å². The molecule has 0 unspecified atom stereocenters. The second-order valence-corrected chi connectivity index (χ2v) is 4.04. The van der Waals surface area contributed by atoms with Gasteiger partial charge >= 0.3 is 6.18 Å². The number of nitrogens with zero attached hydrogens (tertiary/aromatic N) is 3. The molecule has 1 aliphatic rings. The van der Waals surface area contributed by atoms with Gasteiger partial charge < -0.3 is 4.74 Å². The Morgan fingerprint density at radius 3 is 2.72 bits per heavy atom. The van der Waals surface area contributed by atoms with E-state index in [1.54, 1.807) is 6.92 Å². The van der Waals surface area contributed by atoms with Crippen LogP contribution in [0.5, 0.6) is 0 Å². The van der Waals surface area contributed by atoms with Gasteiger partial charge in [-0.25, -0.2) is 0 Å². The maximum atomic E-state index is 12.6. The highest BCUT2D eigenvalue weighted by Gasteiger charge is 2.33. The number of azide groups is 1. The lowest BCUT2D eigenvalue weighted by molar-refractivity contribution is -0.137. The van der Waals surface area contributed by atoms with E-state index in [9.17, 15) is 13.2 Å². The van der Waals surface area contributed by atoms with Crippen LogP contribution in [0.4, 0.5) is 13.2 Å². The Labute approximate surface area is 101 Å². The molecule has 1 heterocycles. The van der Waals surface area contributed by atoms with E-state index in [2.05, 4.69) is 10.0 Å². The van der Waals surface area contributed by atoms with Gasteiger partial charge in [-0.15, -0.1) is 0 Å². The zero-order valence-corrected chi connectivity index (χ0v) is 9.48. The van der Waals surface area contributed by atoms with Crippen molar-refractivity contribution in [2.75, 3.05) is 6.61 Å². The normalized spacial score (nSPS) is 23.1. The zero-order chi connectivity index (χ0) is 13.3. The van der Waals surface area contributed by atoms with Gasteiger partial charge in [0.25, 0.3) is 0 Å². The van der Waals surface area contributed by atoms with Crippen LogP contribution in [0.3, 0.4) is 0 Å². The third-order valence-electron chi connectivity index (χ3n) is 2.91. The molecule has 0 amide bonds. The van der Waals surface area contributed by atoms with Gasteiger partial charge in [-0.1, -0.05) is 11.2 Å². The average Bonchev–Trinajstić information content (AvgIpc) is 2.31. The van der Waals surface area contributed by atoms with Gasteiger partial charge in [0.2, 0.25) is 0 Å². The van der Waals surface area contributed by atoms with Crippen LogP contribution in [0.1, 0.15) is 35.8 Å². The molecule has 0 radical (unpaired) electrons. The maximum Gasteiger partial charge on any atom is 0.416 e. The topological polar surface area (TPSA) is 58.0 Å². The van der Waals surface area contributed by atoms with Crippen molar-refractivity contribution >= 4 is 0 Å². The molecular weight excluding hydrogens is 247 g/mol. The fourth-order valence-electron chi connectivity index (χ4n) is 1.98. The summed E-state index contributed by atoms with van der Waals surface area (Å²) in [4.78, 5) is 2.68. The Morgan fingerprint density at radius 1 is 1.39 bits per heavy atom. The molecule has 4 nitrogen and oxygen atoms in total. The summed E-state index contributed by atoms with van der Waals surface area (Å²) in [6.45, 7) is 1.86. The molecule has 7 heteroatoms. The molecule has 0 bridgehead atoms. The smallest absolute Gasteiger partial charge is 0.373 e. The number of halogens is 3. The van der Waals surface area contributed by atoms with Crippen molar-refractivity contribution in [3.63, 3.8) is 0 Å². The molecule has 2 rings (SSSR count). The molecule has 18 heavy (non-hydrogen) atoms. The Balaban J connectivity index is 2.50. The maximum absolute atomic E-state index is 12.6. The van der Waals surface area contributed by atoms with Gasteiger partial charge in [-0.05, 0) is 35.7 Å². The molecule has 0 spiro atoms. The first kappa shape index (κ1) is 12.7. The number of hydrogen-bond donors (Lipinski definition) is 0. The monoisotopic (exact) mass is 257 g/mol. The summed E-state index contributed by atoms with van der Waals surface area (Å²) in [5.41, 5.74) is 8.71. The second-order valence-electron chi connectivity index (χ2n) is 4.04. The number of ether oxygens (including phenoxy) is 1. The van der Waals surface area contributed by atoms with Crippen LogP contribution in [-0.2, 0) is 10.9 Å². The van der Waals surface area contributed by atoms with E-state index in [1.807, 2.05) is 0 Å². The van der Waals surface area contributed by atoms with Crippen molar-refractivity contribution in [2.45, 2.75) is 25.2 Å². The standard InChI is InChI=1S/C11H10F3N3O/c1-6-9-4-7(11(12,13)14)2-3-8(9)10(5-18-6)16-17-15/h2-4,6,10H,5H2,1H3/t6-,10+/m1/s1. The number of fused-ring (bicyclic) bond motifs is 1. The van der Waals surface area contributed by atoms with Crippen LogP contribution in [-0.4, -0.2) is 6.61 Å². The summed E-state index contributed by atoms with van der Waals surface area (Å²) in [5.74, 6) is 0. The SMILES string of the molecule is C[C@H]1OC[C@H](N=[N+]=[N-])c2ccc(C(F)(F)F)cc21. The highest BCUT2D eigenvalue weighted by atomic mass is 19.4. The lowest BCUT2D eigenvalue weighted by Crippen LogP contribution is -2.19. The zero-order valence-electron chi connectivity index (χ0n) is 9.48. The van der Waals surface area contributed by atoms with Crippen molar-refractivity contribution in [3.05, 3.63) is 45.3 Å². The van der Waals surface area contributed by atoms with Crippen LogP contribution in [0.2, 0.25) is 0 Å². The molecule has 2 atom stereocenters. The molecule has 0 aliphatic carbocycles. The van der Waals surface area contributed by atoms with Gasteiger partial charge in [0.15, 0.2) is 0 Å². The van der Waals surface area contributed by atoms with Crippen molar-refractivity contribution in [3.8, 4) is 0 Å². The second kappa shape index (κ2) is 4.51. The largest absolute Gasteiger partial charge is 0.416 e. The Morgan fingerprint density at radius 2 is 2.11 bits per heavy atom. The van der Waals surface area contributed by atoms with Crippen LogP contribution in [0, 0.1) is 0 Å². The van der Waals surface area contributed by atoms with Crippen molar-refractivity contribution < 1.29 is 17.9 Å². The molecule has 0 N–H and O–H groups in total.